The van der Waals surface area contributed by atoms with Gasteiger partial charge in [0.1, 0.15) is 11.5 Å². The van der Waals surface area contributed by atoms with Crippen LogP contribution in [0.25, 0.3) is 0 Å². The van der Waals surface area contributed by atoms with Crippen LogP contribution < -0.4 is 14.8 Å². The Bertz CT molecular complexity index is 872. The molecule has 6 heteroatoms. The molecule has 0 bridgehead atoms. The molecule has 0 radical (unpaired) electrons. The molecular weight excluding hydrogens is 358 g/mol. The third-order valence-electron chi connectivity index (χ3n) is 5.35. The summed E-state index contributed by atoms with van der Waals surface area (Å²) in [5.74, 6) is 0.248. The summed E-state index contributed by atoms with van der Waals surface area (Å²) in [5, 5.41) is 3.30. The zero-order valence-corrected chi connectivity index (χ0v) is 17.3. The van der Waals surface area contributed by atoms with Crippen LogP contribution in [0.2, 0.25) is 0 Å². The van der Waals surface area contributed by atoms with Crippen LogP contribution in [0.4, 0.5) is 0 Å². The Hall–Kier alpha value is -2.76. The quantitative estimate of drug-likeness (QED) is 0.800. The van der Waals surface area contributed by atoms with E-state index in [-0.39, 0.29) is 11.2 Å². The number of nitrogens with one attached hydrogen (secondary N) is 1. The fourth-order valence-corrected chi connectivity index (χ4v) is 4.15. The Morgan fingerprint density at radius 1 is 1.07 bits per heavy atom. The van der Waals surface area contributed by atoms with Crippen LogP contribution in [0.1, 0.15) is 45.1 Å². The van der Waals surface area contributed by atoms with Crippen LogP contribution in [0.3, 0.4) is 0 Å². The van der Waals surface area contributed by atoms with Gasteiger partial charge in [0.2, 0.25) is 0 Å². The molecule has 1 aliphatic heterocycles. The molecule has 0 aromatic heterocycles. The predicted molar refractivity (Wildman–Crippen MR) is 105 cm³/mol. The largest absolute Gasteiger partial charge is 0.497 e. The molecule has 0 saturated heterocycles. The zero-order chi connectivity index (χ0) is 20.6. The molecule has 0 fully saturated rings. The second kappa shape index (κ2) is 7.34. The standard InChI is InChI=1S/C22H27NO5/c1-12-18(21(25)28-6)19(13-7-14(26-4)9-15(8-13)27-5)20-16(23-12)10-22(2,3)11-17(20)24/h7-9,19,23H,10-11H2,1-6H3/t19-/m0/s1. The van der Waals surface area contributed by atoms with E-state index in [0.717, 1.165) is 17.7 Å². The number of carbonyl (C=O) groups is 2. The number of Topliss-reactive ketones (excluding diaryl/α,β-unsaturated/α-hetero) is 1. The number of dihydropyridines is 1. The number of methoxy groups -OCH3 is 3. The minimum Gasteiger partial charge on any atom is -0.497 e. The Balaban J connectivity index is 2.25. The molecule has 1 aromatic carbocycles. The number of ketones is 1. The van der Waals surface area contributed by atoms with Crippen LogP contribution in [0.15, 0.2) is 40.7 Å². The summed E-state index contributed by atoms with van der Waals surface area (Å²) in [6, 6.07) is 5.44. The molecule has 6 nitrogen and oxygen atoms in total. The zero-order valence-electron chi connectivity index (χ0n) is 17.3. The fraction of sp³-hybridized carbons (Fsp3) is 0.455. The summed E-state index contributed by atoms with van der Waals surface area (Å²) in [6.07, 6.45) is 1.16. The highest BCUT2D eigenvalue weighted by molar-refractivity contribution is 6.04. The summed E-state index contributed by atoms with van der Waals surface area (Å²) >= 11 is 0. The molecule has 0 unspecified atom stereocenters. The molecule has 28 heavy (non-hydrogen) atoms. The van der Waals surface area contributed by atoms with Crippen molar-refractivity contribution < 1.29 is 23.8 Å². The molecule has 1 N–H and O–H groups in total. The van der Waals surface area contributed by atoms with Crippen molar-refractivity contribution in [3.05, 3.63) is 46.3 Å². The van der Waals surface area contributed by atoms with E-state index < -0.39 is 11.9 Å². The van der Waals surface area contributed by atoms with Crippen molar-refractivity contribution in [3.8, 4) is 11.5 Å². The van der Waals surface area contributed by atoms with E-state index in [0.29, 0.717) is 34.8 Å². The van der Waals surface area contributed by atoms with Gasteiger partial charge in [-0.25, -0.2) is 4.79 Å². The first-order chi connectivity index (χ1) is 13.2. The smallest absolute Gasteiger partial charge is 0.336 e. The molecule has 0 spiro atoms. The lowest BCUT2D eigenvalue weighted by molar-refractivity contribution is -0.136. The molecule has 150 valence electrons. The predicted octanol–water partition coefficient (Wildman–Crippen LogP) is 3.48. The normalized spacial score (nSPS) is 21.1. The summed E-state index contributed by atoms with van der Waals surface area (Å²) < 4.78 is 15.9. The summed E-state index contributed by atoms with van der Waals surface area (Å²) in [5.41, 5.74) is 3.26. The molecule has 2 aliphatic rings. The van der Waals surface area contributed by atoms with E-state index >= 15 is 0 Å². The first-order valence-electron chi connectivity index (χ1n) is 9.26. The Labute approximate surface area is 165 Å². The van der Waals surface area contributed by atoms with Gasteiger partial charge in [-0.1, -0.05) is 13.8 Å². The first kappa shape index (κ1) is 20.0. The van der Waals surface area contributed by atoms with Crippen LogP contribution in [-0.2, 0) is 14.3 Å². The van der Waals surface area contributed by atoms with Gasteiger partial charge < -0.3 is 19.5 Å². The Morgan fingerprint density at radius 3 is 2.21 bits per heavy atom. The van der Waals surface area contributed by atoms with Gasteiger partial charge in [-0.2, -0.15) is 0 Å². The van der Waals surface area contributed by atoms with Crippen molar-refractivity contribution in [2.75, 3.05) is 21.3 Å². The minimum atomic E-state index is -0.531. The number of carbonyl (C=O) groups excluding carboxylic acids is 2. The lowest BCUT2D eigenvalue weighted by atomic mass is 9.68. The maximum atomic E-state index is 13.2. The van der Waals surface area contributed by atoms with Crippen molar-refractivity contribution in [1.29, 1.82) is 0 Å². The number of ether oxygens (including phenoxy) is 3. The van der Waals surface area contributed by atoms with E-state index in [1.165, 1.54) is 7.11 Å². The highest BCUT2D eigenvalue weighted by Crippen LogP contribution is 2.47. The molecule has 0 amide bonds. The van der Waals surface area contributed by atoms with Gasteiger partial charge in [-0.05, 0) is 36.5 Å². The van der Waals surface area contributed by atoms with Gasteiger partial charge in [0, 0.05) is 35.4 Å². The number of esters is 1. The summed E-state index contributed by atoms with van der Waals surface area (Å²) in [4.78, 5) is 25.8. The SMILES string of the molecule is COC(=O)C1=C(C)NC2=C(C(=O)CC(C)(C)C2)[C@H]1c1cc(OC)cc(OC)c1. The van der Waals surface area contributed by atoms with E-state index in [9.17, 15) is 9.59 Å². The van der Waals surface area contributed by atoms with E-state index in [1.807, 2.05) is 19.1 Å². The molecule has 1 heterocycles. The highest BCUT2D eigenvalue weighted by atomic mass is 16.5. The molecule has 1 aromatic rings. The van der Waals surface area contributed by atoms with Crippen molar-refractivity contribution in [1.82, 2.24) is 5.32 Å². The number of allylic oxidation sites excluding steroid dienone is 3. The van der Waals surface area contributed by atoms with Crippen LogP contribution in [-0.4, -0.2) is 33.1 Å². The van der Waals surface area contributed by atoms with Gasteiger partial charge in [-0.3, -0.25) is 4.79 Å². The van der Waals surface area contributed by atoms with Crippen LogP contribution >= 0.6 is 0 Å². The van der Waals surface area contributed by atoms with E-state index in [2.05, 4.69) is 19.2 Å². The fourth-order valence-electron chi connectivity index (χ4n) is 4.15. The average molecular weight is 385 g/mol. The van der Waals surface area contributed by atoms with Gasteiger partial charge in [0.15, 0.2) is 5.78 Å². The van der Waals surface area contributed by atoms with Crippen molar-refractivity contribution in [2.24, 2.45) is 5.41 Å². The summed E-state index contributed by atoms with van der Waals surface area (Å²) in [7, 11) is 4.49. The molecule has 0 saturated carbocycles. The number of hydrogen-bond acceptors (Lipinski definition) is 6. The van der Waals surface area contributed by atoms with Gasteiger partial charge >= 0.3 is 5.97 Å². The average Bonchev–Trinajstić information content (AvgIpc) is 2.64. The number of rotatable bonds is 4. The second-order valence-electron chi connectivity index (χ2n) is 8.07. The van der Waals surface area contributed by atoms with Crippen LogP contribution in [0.5, 0.6) is 11.5 Å². The van der Waals surface area contributed by atoms with Crippen molar-refractivity contribution in [3.63, 3.8) is 0 Å². The Morgan fingerprint density at radius 2 is 1.68 bits per heavy atom. The van der Waals surface area contributed by atoms with Crippen molar-refractivity contribution >= 4 is 11.8 Å². The lowest BCUT2D eigenvalue weighted by Crippen LogP contribution is -2.38. The van der Waals surface area contributed by atoms with Gasteiger partial charge in [0.25, 0.3) is 0 Å². The van der Waals surface area contributed by atoms with Crippen LogP contribution in [0, 0.1) is 5.41 Å². The topological polar surface area (TPSA) is 73.9 Å². The van der Waals surface area contributed by atoms with E-state index in [1.54, 1.807) is 20.3 Å². The molecule has 3 rings (SSSR count). The number of hydrogen-bond donors (Lipinski definition) is 1. The lowest BCUT2D eigenvalue weighted by Gasteiger charge is -2.39. The van der Waals surface area contributed by atoms with Gasteiger partial charge in [0.05, 0.1) is 26.9 Å². The van der Waals surface area contributed by atoms with Gasteiger partial charge in [-0.15, -0.1) is 0 Å². The Kier molecular flexibility index (Phi) is 5.24. The third-order valence-corrected chi connectivity index (χ3v) is 5.35. The maximum absolute atomic E-state index is 13.2. The second-order valence-corrected chi connectivity index (χ2v) is 8.07. The molecular formula is C22H27NO5. The minimum absolute atomic E-state index is 0.0411. The molecule has 1 atom stereocenters. The first-order valence-corrected chi connectivity index (χ1v) is 9.26. The summed E-state index contributed by atoms with van der Waals surface area (Å²) in [6.45, 7) is 6.00. The number of benzene rings is 1. The van der Waals surface area contributed by atoms with E-state index in [4.69, 9.17) is 14.2 Å². The monoisotopic (exact) mass is 385 g/mol. The maximum Gasteiger partial charge on any atom is 0.336 e. The van der Waals surface area contributed by atoms with Crippen molar-refractivity contribution in [2.45, 2.75) is 39.5 Å². The molecule has 1 aliphatic carbocycles. The third kappa shape index (κ3) is 3.51. The highest BCUT2D eigenvalue weighted by Gasteiger charge is 2.43.